The number of nitrogens with zero attached hydrogens (tertiary/aromatic N) is 1. The fraction of sp³-hybridized carbons (Fsp3) is 0.429. The average molecular weight is 223 g/mol. The molecule has 0 fully saturated rings. The van der Waals surface area contributed by atoms with Crippen LogP contribution in [0.4, 0.5) is 0 Å². The molecule has 0 atom stereocenters. The summed E-state index contributed by atoms with van der Waals surface area (Å²) in [4.78, 5) is 4.10. The Labute approximate surface area is 89.0 Å². The van der Waals surface area contributed by atoms with Gasteiger partial charge in [0.1, 0.15) is 0 Å². The third-order valence-electron chi connectivity index (χ3n) is 0.881. The van der Waals surface area contributed by atoms with Gasteiger partial charge in [-0.3, -0.25) is 10.4 Å². The highest BCUT2D eigenvalue weighted by Crippen LogP contribution is 2.01. The highest BCUT2D eigenvalue weighted by Gasteiger charge is 1.97. The van der Waals surface area contributed by atoms with Crippen molar-refractivity contribution in [1.82, 2.24) is 5.32 Å². The molecule has 0 aromatic heterocycles. The van der Waals surface area contributed by atoms with Gasteiger partial charge in [0, 0.05) is 12.3 Å². The van der Waals surface area contributed by atoms with Crippen molar-refractivity contribution in [3.05, 3.63) is 12.7 Å². The maximum atomic E-state index is 6.99. The van der Waals surface area contributed by atoms with E-state index in [-0.39, 0.29) is 18.4 Å². The molecule has 0 saturated carbocycles. The van der Waals surface area contributed by atoms with Gasteiger partial charge in [-0.1, -0.05) is 17.8 Å². The normalized spacial score (nSPS) is 10.1. The Kier molecular flexibility index (Phi) is 10.7. The zero-order valence-corrected chi connectivity index (χ0v) is 9.17. The van der Waals surface area contributed by atoms with Gasteiger partial charge >= 0.3 is 0 Å². The van der Waals surface area contributed by atoms with Crippen LogP contribution < -0.4 is 11.1 Å². The molecule has 0 unspecified atom stereocenters. The summed E-state index contributed by atoms with van der Waals surface area (Å²) < 4.78 is 0. The molecule has 4 nitrogen and oxygen atoms in total. The summed E-state index contributed by atoms with van der Waals surface area (Å²) in [5, 5.41) is 10.3. The molecule has 6 heteroatoms. The minimum absolute atomic E-state index is 0. The second-order valence-electron chi connectivity index (χ2n) is 1.92. The highest BCUT2D eigenvalue weighted by atomic mass is 35.5. The molecule has 0 rings (SSSR count). The van der Waals surface area contributed by atoms with Gasteiger partial charge in [-0.2, -0.15) is 0 Å². The van der Waals surface area contributed by atoms with Crippen molar-refractivity contribution in [2.45, 2.75) is 6.92 Å². The summed E-state index contributed by atoms with van der Waals surface area (Å²) in [7, 11) is 0. The fourth-order valence-electron chi connectivity index (χ4n) is 0.518. The molecule has 0 heterocycles. The second kappa shape index (κ2) is 9.41. The lowest BCUT2D eigenvalue weighted by atomic mass is 10.8. The van der Waals surface area contributed by atoms with Crippen LogP contribution in [0.1, 0.15) is 6.92 Å². The van der Waals surface area contributed by atoms with E-state index in [1.807, 2.05) is 6.92 Å². The molecule has 0 bridgehead atoms. The Morgan fingerprint density at radius 2 is 2.38 bits per heavy atom. The summed E-state index contributed by atoms with van der Waals surface area (Å²) in [5.74, 6) is 0.679. The van der Waals surface area contributed by atoms with Crippen LogP contribution in [0.25, 0.3) is 0 Å². The Morgan fingerprint density at radius 3 is 2.77 bits per heavy atom. The third kappa shape index (κ3) is 9.23. The number of aliphatic imine (C=N–C) groups is 1. The van der Waals surface area contributed by atoms with Gasteiger partial charge in [-0.05, 0) is 6.92 Å². The van der Waals surface area contributed by atoms with Crippen LogP contribution in [0.5, 0.6) is 0 Å². The van der Waals surface area contributed by atoms with Crippen molar-refractivity contribution in [3.8, 4) is 0 Å². The first-order valence-electron chi connectivity index (χ1n) is 3.59. The van der Waals surface area contributed by atoms with Crippen LogP contribution in [-0.2, 0) is 0 Å². The number of nitrogens with one attached hydrogen (secondary N) is 2. The Balaban J connectivity index is 0. The number of amidine groups is 1. The summed E-state index contributed by atoms with van der Waals surface area (Å²) in [6.45, 7) is 6.19. The van der Waals surface area contributed by atoms with Gasteiger partial charge in [0.15, 0.2) is 11.1 Å². The van der Waals surface area contributed by atoms with Crippen molar-refractivity contribution in [1.29, 1.82) is 5.41 Å². The van der Waals surface area contributed by atoms with Crippen LogP contribution in [0.15, 0.2) is 17.6 Å². The zero-order valence-electron chi connectivity index (χ0n) is 7.54. The van der Waals surface area contributed by atoms with Gasteiger partial charge < -0.3 is 11.1 Å². The number of rotatable bonds is 3. The zero-order chi connectivity index (χ0) is 9.40. The van der Waals surface area contributed by atoms with Crippen molar-refractivity contribution in [2.24, 2.45) is 10.7 Å². The average Bonchev–Trinajstić information content (AvgIpc) is 2.00. The van der Waals surface area contributed by atoms with Gasteiger partial charge in [0.05, 0.1) is 0 Å². The van der Waals surface area contributed by atoms with Crippen LogP contribution >= 0.6 is 24.2 Å². The lowest BCUT2D eigenvalue weighted by molar-refractivity contribution is 1.11. The van der Waals surface area contributed by atoms with E-state index in [0.29, 0.717) is 11.7 Å². The summed E-state index contributed by atoms with van der Waals surface area (Å²) in [5.41, 5.74) is 5.15. The van der Waals surface area contributed by atoms with E-state index < -0.39 is 0 Å². The lowest BCUT2D eigenvalue weighted by Crippen LogP contribution is -2.34. The van der Waals surface area contributed by atoms with E-state index in [1.54, 1.807) is 6.08 Å². The number of hydrogen-bond acceptors (Lipinski definition) is 3. The quantitative estimate of drug-likeness (QED) is 0.382. The van der Waals surface area contributed by atoms with E-state index in [9.17, 15) is 0 Å². The number of nitrogens with two attached hydrogens (primary N) is 1. The molecule has 0 amide bonds. The Hall–Kier alpha value is -0.680. The summed E-state index contributed by atoms with van der Waals surface area (Å²) in [6.07, 6.45) is 1.78. The molecule has 0 radical (unpaired) electrons. The molecule has 0 spiro atoms. The molecular formula is C7H15ClN4S. The van der Waals surface area contributed by atoms with Crippen LogP contribution in [0.2, 0.25) is 0 Å². The van der Waals surface area contributed by atoms with Crippen molar-refractivity contribution < 1.29 is 0 Å². The largest absolute Gasteiger partial charge is 0.370 e. The number of hydrogen-bond donors (Lipinski definition) is 3. The van der Waals surface area contributed by atoms with E-state index >= 15 is 0 Å². The van der Waals surface area contributed by atoms with Gasteiger partial charge in [0.25, 0.3) is 0 Å². The molecule has 0 aliphatic heterocycles. The monoisotopic (exact) mass is 222 g/mol. The standard InChI is InChI=1S/C7H14N4S.ClH/c1-3-5-12-7(10-4-2)11-6(8)9;/h3H,1,4-5H2,2H3,(H4,8,9,10,11);1H. The minimum Gasteiger partial charge on any atom is -0.370 e. The molecule has 0 aromatic carbocycles. The second-order valence-corrected chi connectivity index (χ2v) is 2.93. The van der Waals surface area contributed by atoms with Crippen LogP contribution in [-0.4, -0.2) is 23.4 Å². The van der Waals surface area contributed by atoms with Crippen LogP contribution in [0, 0.1) is 5.41 Å². The summed E-state index contributed by atoms with van der Waals surface area (Å²) in [6, 6.07) is 0. The van der Waals surface area contributed by atoms with Crippen LogP contribution in [0.3, 0.4) is 0 Å². The van der Waals surface area contributed by atoms with E-state index in [1.165, 1.54) is 11.8 Å². The van der Waals surface area contributed by atoms with Gasteiger partial charge in [0.2, 0.25) is 0 Å². The Morgan fingerprint density at radius 1 is 1.77 bits per heavy atom. The first kappa shape index (κ1) is 14.8. The number of thioether (sulfide) groups is 1. The smallest absolute Gasteiger partial charge is 0.191 e. The van der Waals surface area contributed by atoms with Crippen molar-refractivity contribution >= 4 is 35.3 Å². The van der Waals surface area contributed by atoms with Gasteiger partial charge in [-0.25, -0.2) is 0 Å². The summed E-state index contributed by atoms with van der Waals surface area (Å²) >= 11 is 1.47. The van der Waals surface area contributed by atoms with E-state index in [4.69, 9.17) is 11.1 Å². The lowest BCUT2D eigenvalue weighted by Gasteiger charge is -2.04. The highest BCUT2D eigenvalue weighted by molar-refractivity contribution is 8.14. The van der Waals surface area contributed by atoms with E-state index in [0.717, 1.165) is 5.75 Å². The predicted molar refractivity (Wildman–Crippen MR) is 62.9 cm³/mol. The maximum Gasteiger partial charge on any atom is 0.191 e. The molecule has 13 heavy (non-hydrogen) atoms. The van der Waals surface area contributed by atoms with E-state index in [2.05, 4.69) is 16.9 Å². The number of guanidine groups is 1. The first-order valence-corrected chi connectivity index (χ1v) is 4.58. The predicted octanol–water partition coefficient (Wildman–Crippen LogP) is 1.19. The third-order valence-corrected chi connectivity index (χ3v) is 1.79. The first-order chi connectivity index (χ1) is 5.70. The molecule has 0 aliphatic carbocycles. The SMILES string of the molecule is C=CCSC(=NCC)NC(=N)N.Cl. The molecular weight excluding hydrogens is 208 g/mol. The van der Waals surface area contributed by atoms with Gasteiger partial charge in [-0.15, -0.1) is 19.0 Å². The van der Waals surface area contributed by atoms with Crippen molar-refractivity contribution in [3.63, 3.8) is 0 Å². The molecule has 0 aliphatic rings. The molecule has 4 N–H and O–H groups in total. The maximum absolute atomic E-state index is 6.99. The molecule has 0 saturated heterocycles. The van der Waals surface area contributed by atoms with Crippen molar-refractivity contribution in [2.75, 3.05) is 12.3 Å². The fourth-order valence-corrected chi connectivity index (χ4v) is 1.20. The minimum atomic E-state index is -0.0845. The topological polar surface area (TPSA) is 74.3 Å². The number of halogens is 1. The molecule has 76 valence electrons. The Bertz CT molecular complexity index is 193. The molecule has 0 aromatic rings.